The summed E-state index contributed by atoms with van der Waals surface area (Å²) in [6.07, 6.45) is 2.29. The standard InChI is InChI=1S/C11H23NO3/c1-3-10(6-8-13)9-12-7-5-11(14)15-4-2/h10,12-13H,3-9H2,1-2H3. The van der Waals surface area contributed by atoms with Crippen LogP contribution in [0.5, 0.6) is 0 Å². The van der Waals surface area contributed by atoms with Crippen molar-refractivity contribution in [3.05, 3.63) is 0 Å². The van der Waals surface area contributed by atoms with Crippen molar-refractivity contribution in [2.75, 3.05) is 26.3 Å². The molecule has 0 aliphatic heterocycles. The van der Waals surface area contributed by atoms with Crippen LogP contribution in [-0.4, -0.2) is 37.4 Å². The molecule has 0 bridgehead atoms. The summed E-state index contributed by atoms with van der Waals surface area (Å²) in [6.45, 7) is 6.10. The molecule has 0 radical (unpaired) electrons. The molecule has 2 N–H and O–H groups in total. The fraction of sp³-hybridized carbons (Fsp3) is 0.909. The number of nitrogens with one attached hydrogen (secondary N) is 1. The van der Waals surface area contributed by atoms with Gasteiger partial charge in [-0.05, 0) is 25.8 Å². The molecule has 1 atom stereocenters. The van der Waals surface area contributed by atoms with Crippen molar-refractivity contribution >= 4 is 5.97 Å². The fourth-order valence-corrected chi connectivity index (χ4v) is 1.36. The number of carbonyl (C=O) groups excluding carboxylic acids is 1. The van der Waals surface area contributed by atoms with Crippen molar-refractivity contribution in [1.82, 2.24) is 5.32 Å². The first kappa shape index (κ1) is 14.4. The highest BCUT2D eigenvalue weighted by Gasteiger charge is 2.05. The van der Waals surface area contributed by atoms with Crippen molar-refractivity contribution in [1.29, 1.82) is 0 Å². The molecule has 0 aromatic carbocycles. The van der Waals surface area contributed by atoms with Gasteiger partial charge in [-0.1, -0.05) is 13.3 Å². The Hall–Kier alpha value is -0.610. The fourth-order valence-electron chi connectivity index (χ4n) is 1.36. The van der Waals surface area contributed by atoms with Crippen LogP contribution in [-0.2, 0) is 9.53 Å². The minimum atomic E-state index is -0.153. The third-order valence-electron chi connectivity index (χ3n) is 2.36. The van der Waals surface area contributed by atoms with Gasteiger partial charge in [0.15, 0.2) is 0 Å². The van der Waals surface area contributed by atoms with Crippen LogP contribution >= 0.6 is 0 Å². The van der Waals surface area contributed by atoms with E-state index in [-0.39, 0.29) is 12.6 Å². The zero-order chi connectivity index (χ0) is 11.5. The van der Waals surface area contributed by atoms with Gasteiger partial charge in [0.1, 0.15) is 0 Å². The maximum absolute atomic E-state index is 11.0. The molecule has 0 aliphatic carbocycles. The molecule has 0 aromatic rings. The Bertz CT molecular complexity index is 162. The highest BCUT2D eigenvalue weighted by atomic mass is 16.5. The Morgan fingerprint density at radius 1 is 1.47 bits per heavy atom. The van der Waals surface area contributed by atoms with E-state index in [0.29, 0.717) is 25.5 Å². The van der Waals surface area contributed by atoms with Gasteiger partial charge in [-0.25, -0.2) is 0 Å². The molecule has 4 heteroatoms. The van der Waals surface area contributed by atoms with Gasteiger partial charge in [-0.2, -0.15) is 0 Å². The van der Waals surface area contributed by atoms with E-state index >= 15 is 0 Å². The van der Waals surface area contributed by atoms with Gasteiger partial charge in [0.05, 0.1) is 13.0 Å². The molecular formula is C11H23NO3. The number of hydrogen-bond acceptors (Lipinski definition) is 4. The Balaban J connectivity index is 3.39. The average Bonchev–Trinajstić information content (AvgIpc) is 2.23. The van der Waals surface area contributed by atoms with Crippen molar-refractivity contribution in [3.8, 4) is 0 Å². The maximum Gasteiger partial charge on any atom is 0.307 e. The predicted octanol–water partition coefficient (Wildman–Crippen LogP) is 0.938. The summed E-state index contributed by atoms with van der Waals surface area (Å²) in [6, 6.07) is 0. The maximum atomic E-state index is 11.0. The zero-order valence-corrected chi connectivity index (χ0v) is 9.79. The number of ether oxygens (including phenoxy) is 1. The molecule has 0 heterocycles. The van der Waals surface area contributed by atoms with E-state index in [2.05, 4.69) is 12.2 Å². The number of hydrogen-bond donors (Lipinski definition) is 2. The summed E-state index contributed by atoms with van der Waals surface area (Å²) >= 11 is 0. The number of carbonyl (C=O) groups is 1. The van der Waals surface area contributed by atoms with Crippen LogP contribution < -0.4 is 5.32 Å². The smallest absolute Gasteiger partial charge is 0.307 e. The lowest BCUT2D eigenvalue weighted by Gasteiger charge is -2.13. The highest BCUT2D eigenvalue weighted by molar-refractivity contribution is 5.69. The molecule has 0 amide bonds. The normalized spacial score (nSPS) is 12.5. The summed E-state index contributed by atoms with van der Waals surface area (Å²) in [5.74, 6) is 0.345. The second-order valence-electron chi connectivity index (χ2n) is 3.55. The van der Waals surface area contributed by atoms with E-state index in [9.17, 15) is 4.79 Å². The third-order valence-corrected chi connectivity index (χ3v) is 2.36. The topological polar surface area (TPSA) is 58.6 Å². The van der Waals surface area contributed by atoms with E-state index in [1.54, 1.807) is 6.92 Å². The summed E-state index contributed by atoms with van der Waals surface area (Å²) in [5.41, 5.74) is 0. The number of aliphatic hydroxyl groups excluding tert-OH is 1. The summed E-state index contributed by atoms with van der Waals surface area (Å²) in [5, 5.41) is 12.0. The second kappa shape index (κ2) is 9.93. The second-order valence-corrected chi connectivity index (χ2v) is 3.55. The van der Waals surface area contributed by atoms with Crippen LogP contribution in [0.15, 0.2) is 0 Å². The first-order valence-electron chi connectivity index (χ1n) is 5.71. The lowest BCUT2D eigenvalue weighted by atomic mass is 10.0. The van der Waals surface area contributed by atoms with E-state index < -0.39 is 0 Å². The van der Waals surface area contributed by atoms with E-state index in [1.807, 2.05) is 0 Å². The van der Waals surface area contributed by atoms with Crippen LogP contribution in [0, 0.1) is 5.92 Å². The van der Waals surface area contributed by atoms with Crippen molar-refractivity contribution in [2.24, 2.45) is 5.92 Å². The largest absolute Gasteiger partial charge is 0.466 e. The van der Waals surface area contributed by atoms with Crippen molar-refractivity contribution < 1.29 is 14.6 Å². The molecule has 0 spiro atoms. The molecule has 0 aromatic heterocycles. The van der Waals surface area contributed by atoms with Crippen LogP contribution in [0.3, 0.4) is 0 Å². The molecule has 90 valence electrons. The molecule has 4 nitrogen and oxygen atoms in total. The summed E-state index contributed by atoms with van der Waals surface area (Å²) in [4.78, 5) is 11.0. The molecular weight excluding hydrogens is 194 g/mol. The molecule has 0 saturated heterocycles. The quantitative estimate of drug-likeness (QED) is 0.446. The van der Waals surface area contributed by atoms with E-state index in [0.717, 1.165) is 19.4 Å². The minimum Gasteiger partial charge on any atom is -0.466 e. The van der Waals surface area contributed by atoms with Crippen LogP contribution in [0.25, 0.3) is 0 Å². The lowest BCUT2D eigenvalue weighted by molar-refractivity contribution is -0.142. The van der Waals surface area contributed by atoms with Gasteiger partial charge in [0.25, 0.3) is 0 Å². The van der Waals surface area contributed by atoms with Gasteiger partial charge >= 0.3 is 5.97 Å². The van der Waals surface area contributed by atoms with Gasteiger partial charge in [-0.3, -0.25) is 4.79 Å². The van der Waals surface area contributed by atoms with E-state index in [1.165, 1.54) is 0 Å². The Morgan fingerprint density at radius 3 is 2.73 bits per heavy atom. The SMILES string of the molecule is CCOC(=O)CCNCC(CC)CCO. The highest BCUT2D eigenvalue weighted by Crippen LogP contribution is 2.05. The monoisotopic (exact) mass is 217 g/mol. The number of aliphatic hydroxyl groups is 1. The molecule has 0 rings (SSSR count). The predicted molar refractivity (Wildman–Crippen MR) is 59.6 cm³/mol. The van der Waals surface area contributed by atoms with Gasteiger partial charge in [0.2, 0.25) is 0 Å². The molecule has 1 unspecified atom stereocenters. The lowest BCUT2D eigenvalue weighted by Crippen LogP contribution is -2.26. The van der Waals surface area contributed by atoms with E-state index in [4.69, 9.17) is 9.84 Å². The van der Waals surface area contributed by atoms with Gasteiger partial charge in [0, 0.05) is 13.2 Å². The minimum absolute atomic E-state index is 0.153. The van der Waals surface area contributed by atoms with Crippen LogP contribution in [0.2, 0.25) is 0 Å². The first-order chi connectivity index (χ1) is 7.24. The third kappa shape index (κ3) is 8.39. The van der Waals surface area contributed by atoms with Crippen LogP contribution in [0.1, 0.15) is 33.1 Å². The summed E-state index contributed by atoms with van der Waals surface area (Å²) in [7, 11) is 0. The average molecular weight is 217 g/mol. The van der Waals surface area contributed by atoms with Crippen LogP contribution in [0.4, 0.5) is 0 Å². The molecule has 0 fully saturated rings. The van der Waals surface area contributed by atoms with Gasteiger partial charge in [-0.15, -0.1) is 0 Å². The van der Waals surface area contributed by atoms with Crippen molar-refractivity contribution in [3.63, 3.8) is 0 Å². The molecule has 15 heavy (non-hydrogen) atoms. The Morgan fingerprint density at radius 2 is 2.20 bits per heavy atom. The molecule has 0 saturated carbocycles. The summed E-state index contributed by atoms with van der Waals surface area (Å²) < 4.78 is 4.80. The molecule has 0 aliphatic rings. The first-order valence-corrected chi connectivity index (χ1v) is 5.71. The van der Waals surface area contributed by atoms with Crippen molar-refractivity contribution in [2.45, 2.75) is 33.1 Å². The number of esters is 1. The van der Waals surface area contributed by atoms with Gasteiger partial charge < -0.3 is 15.2 Å². The number of rotatable bonds is 9. The Labute approximate surface area is 92.0 Å². The zero-order valence-electron chi connectivity index (χ0n) is 9.79. The Kier molecular flexibility index (Phi) is 9.52.